The summed E-state index contributed by atoms with van der Waals surface area (Å²) in [5.74, 6) is -0.511. The number of aryl methyl sites for hydroxylation is 1. The van der Waals surface area contributed by atoms with E-state index in [1.54, 1.807) is 4.90 Å². The van der Waals surface area contributed by atoms with Crippen molar-refractivity contribution in [1.82, 2.24) is 15.1 Å². The summed E-state index contributed by atoms with van der Waals surface area (Å²) in [5, 5.41) is 2.92. The molecule has 158 valence electrons. The Kier molecular flexibility index (Phi) is 4.85. The monoisotopic (exact) mass is 415 g/mol. The molecule has 4 amide bonds. The molecule has 0 bridgehead atoms. The molecule has 0 saturated carbocycles. The second-order valence-corrected chi connectivity index (χ2v) is 8.42. The zero-order chi connectivity index (χ0) is 21.4. The van der Waals surface area contributed by atoms with Crippen molar-refractivity contribution in [3.8, 4) is 0 Å². The first-order chi connectivity index (χ1) is 15.1. The molecule has 2 aromatic rings. The third-order valence-corrected chi connectivity index (χ3v) is 6.65. The van der Waals surface area contributed by atoms with Crippen molar-refractivity contribution in [3.05, 3.63) is 77.4 Å². The van der Waals surface area contributed by atoms with Crippen molar-refractivity contribution in [2.24, 2.45) is 0 Å². The van der Waals surface area contributed by atoms with Gasteiger partial charge in [0.1, 0.15) is 12.1 Å². The summed E-state index contributed by atoms with van der Waals surface area (Å²) < 4.78 is 0. The first kappa shape index (κ1) is 19.5. The largest absolute Gasteiger partial charge is 0.337 e. The van der Waals surface area contributed by atoms with Gasteiger partial charge in [0.15, 0.2) is 0 Å². The Bertz CT molecular complexity index is 1080. The van der Waals surface area contributed by atoms with E-state index in [9.17, 15) is 14.4 Å². The van der Waals surface area contributed by atoms with Crippen LogP contribution < -0.4 is 5.32 Å². The Hall–Kier alpha value is -3.41. The topological polar surface area (TPSA) is 69.7 Å². The Morgan fingerprint density at radius 2 is 1.77 bits per heavy atom. The first-order valence-electron chi connectivity index (χ1n) is 10.8. The van der Waals surface area contributed by atoms with Crippen LogP contribution in [0.5, 0.6) is 0 Å². The maximum atomic E-state index is 13.4. The number of carbonyl (C=O) groups excluding carboxylic acids is 3. The van der Waals surface area contributed by atoms with Gasteiger partial charge in [0.05, 0.1) is 0 Å². The molecular weight excluding hydrogens is 390 g/mol. The van der Waals surface area contributed by atoms with E-state index in [1.165, 1.54) is 11.1 Å². The lowest BCUT2D eigenvalue weighted by Gasteiger charge is -2.33. The molecule has 0 unspecified atom stereocenters. The molecule has 1 spiro atoms. The SMILES string of the molecule is O=C(CN1C(=O)N[C@@]2(CCCc3ccccc32)C1=O)N1CC=C(c2ccccc2)CC1. The average Bonchev–Trinajstić information content (AvgIpc) is 3.04. The highest BCUT2D eigenvalue weighted by Crippen LogP contribution is 2.39. The maximum Gasteiger partial charge on any atom is 0.325 e. The lowest BCUT2D eigenvalue weighted by atomic mass is 9.76. The lowest BCUT2D eigenvalue weighted by Crippen LogP contribution is -2.48. The Morgan fingerprint density at radius 3 is 2.55 bits per heavy atom. The van der Waals surface area contributed by atoms with Gasteiger partial charge >= 0.3 is 6.03 Å². The van der Waals surface area contributed by atoms with Crippen molar-refractivity contribution in [2.75, 3.05) is 19.6 Å². The van der Waals surface area contributed by atoms with Gasteiger partial charge in [-0.3, -0.25) is 14.5 Å². The molecule has 1 fully saturated rings. The maximum absolute atomic E-state index is 13.4. The van der Waals surface area contributed by atoms with Gasteiger partial charge in [-0.2, -0.15) is 0 Å². The second-order valence-electron chi connectivity index (χ2n) is 8.42. The second kappa shape index (κ2) is 7.69. The number of amides is 4. The van der Waals surface area contributed by atoms with Crippen LogP contribution in [0.1, 0.15) is 36.0 Å². The molecule has 2 heterocycles. The first-order valence-corrected chi connectivity index (χ1v) is 10.8. The fourth-order valence-electron chi connectivity index (χ4n) is 5.00. The third-order valence-electron chi connectivity index (χ3n) is 6.65. The van der Waals surface area contributed by atoms with Crippen LogP contribution >= 0.6 is 0 Å². The van der Waals surface area contributed by atoms with E-state index < -0.39 is 11.6 Å². The molecule has 5 rings (SSSR count). The van der Waals surface area contributed by atoms with E-state index in [0.29, 0.717) is 19.5 Å². The minimum absolute atomic E-state index is 0.201. The van der Waals surface area contributed by atoms with Gasteiger partial charge in [-0.15, -0.1) is 0 Å². The summed E-state index contributed by atoms with van der Waals surface area (Å²) in [5.41, 5.74) is 3.31. The van der Waals surface area contributed by atoms with Crippen LogP contribution in [0, 0.1) is 0 Å². The van der Waals surface area contributed by atoms with E-state index >= 15 is 0 Å². The Morgan fingerprint density at radius 1 is 1.00 bits per heavy atom. The summed E-state index contributed by atoms with van der Waals surface area (Å²) in [6.45, 7) is 0.848. The van der Waals surface area contributed by atoms with Gasteiger partial charge in [-0.1, -0.05) is 60.7 Å². The van der Waals surface area contributed by atoms with Crippen molar-refractivity contribution in [1.29, 1.82) is 0 Å². The fourth-order valence-corrected chi connectivity index (χ4v) is 5.00. The van der Waals surface area contributed by atoms with Gasteiger partial charge in [-0.25, -0.2) is 4.79 Å². The minimum atomic E-state index is -1.03. The number of hydrogen-bond acceptors (Lipinski definition) is 3. The van der Waals surface area contributed by atoms with E-state index in [-0.39, 0.29) is 18.4 Å². The lowest BCUT2D eigenvalue weighted by molar-refractivity contribution is -0.139. The standard InChI is InChI=1S/C25H25N3O3/c29-22(27-15-12-19(13-16-27)18-7-2-1-3-8-18)17-28-23(30)25(26-24(28)31)14-6-10-20-9-4-5-11-21(20)25/h1-5,7-9,11-12H,6,10,13-17H2,(H,26,31)/t25-/m1/s1. The number of imide groups is 1. The van der Waals surface area contributed by atoms with Crippen LogP contribution in [0.2, 0.25) is 0 Å². The summed E-state index contributed by atoms with van der Waals surface area (Å²) in [7, 11) is 0. The number of nitrogens with zero attached hydrogens (tertiary/aromatic N) is 2. The molecule has 2 aliphatic heterocycles. The molecule has 3 aliphatic rings. The summed E-state index contributed by atoms with van der Waals surface area (Å²) in [4.78, 5) is 41.8. The smallest absolute Gasteiger partial charge is 0.325 e. The molecule has 1 N–H and O–H groups in total. The molecule has 6 heteroatoms. The zero-order valence-electron chi connectivity index (χ0n) is 17.3. The van der Waals surface area contributed by atoms with E-state index in [1.807, 2.05) is 42.5 Å². The van der Waals surface area contributed by atoms with Crippen molar-refractivity contribution in [2.45, 2.75) is 31.2 Å². The summed E-state index contributed by atoms with van der Waals surface area (Å²) in [6, 6.07) is 17.4. The molecule has 0 radical (unpaired) electrons. The molecule has 1 aliphatic carbocycles. The van der Waals surface area contributed by atoms with Crippen LogP contribution in [-0.4, -0.2) is 47.3 Å². The number of fused-ring (bicyclic) bond motifs is 2. The predicted molar refractivity (Wildman–Crippen MR) is 117 cm³/mol. The fraction of sp³-hybridized carbons (Fsp3) is 0.320. The van der Waals surface area contributed by atoms with Gasteiger partial charge in [0.2, 0.25) is 5.91 Å². The highest BCUT2D eigenvalue weighted by atomic mass is 16.2. The normalized spacial score (nSPS) is 22.9. The predicted octanol–water partition coefficient (Wildman–Crippen LogP) is 3.09. The molecule has 31 heavy (non-hydrogen) atoms. The number of carbonyl (C=O) groups is 3. The summed E-state index contributed by atoms with van der Waals surface area (Å²) in [6.07, 6.45) is 5.09. The third kappa shape index (κ3) is 3.32. The highest BCUT2D eigenvalue weighted by Gasteiger charge is 2.54. The number of urea groups is 1. The van der Waals surface area contributed by atoms with Crippen LogP contribution in [0.4, 0.5) is 4.79 Å². The van der Waals surface area contributed by atoms with Crippen LogP contribution in [0.25, 0.3) is 5.57 Å². The van der Waals surface area contributed by atoms with Crippen LogP contribution in [-0.2, 0) is 21.5 Å². The molecule has 6 nitrogen and oxygen atoms in total. The molecule has 2 aromatic carbocycles. The van der Waals surface area contributed by atoms with Crippen LogP contribution in [0.3, 0.4) is 0 Å². The number of rotatable bonds is 3. The van der Waals surface area contributed by atoms with Crippen molar-refractivity contribution in [3.63, 3.8) is 0 Å². The van der Waals surface area contributed by atoms with Gasteiger partial charge in [0, 0.05) is 13.1 Å². The Labute approximate surface area is 181 Å². The van der Waals surface area contributed by atoms with E-state index in [4.69, 9.17) is 0 Å². The van der Waals surface area contributed by atoms with Gasteiger partial charge < -0.3 is 10.2 Å². The van der Waals surface area contributed by atoms with Crippen molar-refractivity contribution < 1.29 is 14.4 Å². The Balaban J connectivity index is 1.30. The average molecular weight is 415 g/mol. The molecule has 0 aromatic heterocycles. The molecule has 1 saturated heterocycles. The minimum Gasteiger partial charge on any atom is -0.337 e. The van der Waals surface area contributed by atoms with Gasteiger partial charge in [0.25, 0.3) is 5.91 Å². The quantitative estimate of drug-likeness (QED) is 0.784. The van der Waals surface area contributed by atoms with E-state index in [0.717, 1.165) is 35.3 Å². The highest BCUT2D eigenvalue weighted by molar-refractivity contribution is 6.09. The van der Waals surface area contributed by atoms with Gasteiger partial charge in [-0.05, 0) is 47.9 Å². The zero-order valence-corrected chi connectivity index (χ0v) is 17.3. The van der Waals surface area contributed by atoms with E-state index in [2.05, 4.69) is 23.5 Å². The number of hydrogen-bond donors (Lipinski definition) is 1. The van der Waals surface area contributed by atoms with Crippen LogP contribution in [0.15, 0.2) is 60.7 Å². The van der Waals surface area contributed by atoms with Crippen molar-refractivity contribution >= 4 is 23.4 Å². The number of nitrogens with one attached hydrogen (secondary N) is 1. The molecule has 1 atom stereocenters. The molecular formula is C25H25N3O3. The summed E-state index contributed by atoms with van der Waals surface area (Å²) >= 11 is 0. The number of benzene rings is 2.